The predicted molar refractivity (Wildman–Crippen MR) is 68.0 cm³/mol. The van der Waals surface area contributed by atoms with Crippen molar-refractivity contribution in [2.75, 3.05) is 5.32 Å². The Morgan fingerprint density at radius 2 is 1.57 bits per heavy atom. The Labute approximate surface area is 120 Å². The van der Waals surface area contributed by atoms with Crippen molar-refractivity contribution in [1.29, 1.82) is 0 Å². The predicted octanol–water partition coefficient (Wildman–Crippen LogP) is 4.34. The van der Waals surface area contributed by atoms with E-state index >= 15 is 0 Å². The van der Waals surface area contributed by atoms with Crippen LogP contribution in [0, 0.1) is 23.3 Å². The fourth-order valence-electron chi connectivity index (χ4n) is 1.65. The van der Waals surface area contributed by atoms with Crippen LogP contribution < -0.4 is 5.32 Å². The minimum Gasteiger partial charge on any atom is -0.478 e. The maximum Gasteiger partial charge on any atom is 0.341 e. The minimum absolute atomic E-state index is 0.00553. The molecule has 0 atom stereocenters. The van der Waals surface area contributed by atoms with Crippen LogP contribution in [0.2, 0.25) is 5.02 Å². The average molecular weight is 320 g/mol. The highest BCUT2D eigenvalue weighted by atomic mass is 35.5. The molecule has 8 heteroatoms. The minimum atomic E-state index is -2.20. The summed E-state index contributed by atoms with van der Waals surface area (Å²) < 4.78 is 53.6. The van der Waals surface area contributed by atoms with Gasteiger partial charge in [0.25, 0.3) is 0 Å². The van der Waals surface area contributed by atoms with E-state index in [-0.39, 0.29) is 10.7 Å². The summed E-state index contributed by atoms with van der Waals surface area (Å²) >= 11 is 5.78. The smallest absolute Gasteiger partial charge is 0.341 e. The molecule has 2 rings (SSSR count). The number of carboxylic acids is 1. The lowest BCUT2D eigenvalue weighted by atomic mass is 10.1. The topological polar surface area (TPSA) is 49.3 Å². The third kappa shape index (κ3) is 2.64. The van der Waals surface area contributed by atoms with Gasteiger partial charge in [-0.15, -0.1) is 0 Å². The van der Waals surface area contributed by atoms with Crippen LogP contribution in [-0.4, -0.2) is 11.1 Å². The number of halogens is 5. The standard InChI is InChI=1S/C13H6ClF4NO2/c14-5-3-1-2-4-6(5)19-12-7(13(20)21)8(15)9(16)10(17)11(12)18/h1-4,19H,(H,20,21). The highest BCUT2D eigenvalue weighted by molar-refractivity contribution is 6.33. The third-order valence-corrected chi connectivity index (χ3v) is 2.94. The van der Waals surface area contributed by atoms with Gasteiger partial charge in [0.15, 0.2) is 23.3 Å². The number of carboxylic acid groups (broad SMARTS) is 1. The van der Waals surface area contributed by atoms with Crippen molar-refractivity contribution in [3.8, 4) is 0 Å². The molecule has 0 heterocycles. The van der Waals surface area contributed by atoms with Crippen LogP contribution in [-0.2, 0) is 0 Å². The fraction of sp³-hybridized carbons (Fsp3) is 0. The van der Waals surface area contributed by atoms with E-state index in [4.69, 9.17) is 16.7 Å². The van der Waals surface area contributed by atoms with Crippen LogP contribution in [0.3, 0.4) is 0 Å². The molecule has 0 aliphatic carbocycles. The zero-order valence-corrected chi connectivity index (χ0v) is 10.8. The third-order valence-electron chi connectivity index (χ3n) is 2.61. The van der Waals surface area contributed by atoms with Gasteiger partial charge in [-0.3, -0.25) is 0 Å². The molecule has 0 aliphatic heterocycles. The number of para-hydroxylation sites is 1. The van der Waals surface area contributed by atoms with Crippen LogP contribution >= 0.6 is 11.6 Å². The average Bonchev–Trinajstić information content (AvgIpc) is 2.44. The lowest BCUT2D eigenvalue weighted by Crippen LogP contribution is -2.13. The van der Waals surface area contributed by atoms with Crippen molar-refractivity contribution >= 4 is 28.9 Å². The number of hydrogen-bond donors (Lipinski definition) is 2. The lowest BCUT2D eigenvalue weighted by Gasteiger charge is -2.13. The first-order valence-electron chi connectivity index (χ1n) is 5.45. The van der Waals surface area contributed by atoms with Crippen molar-refractivity contribution < 1.29 is 27.5 Å². The SMILES string of the molecule is O=C(O)c1c(F)c(F)c(F)c(F)c1Nc1ccccc1Cl. The molecule has 2 aromatic carbocycles. The van der Waals surface area contributed by atoms with Crippen LogP contribution in [0.15, 0.2) is 24.3 Å². The van der Waals surface area contributed by atoms with Gasteiger partial charge in [-0.2, -0.15) is 0 Å². The first-order chi connectivity index (χ1) is 9.84. The van der Waals surface area contributed by atoms with Gasteiger partial charge in [-0.1, -0.05) is 23.7 Å². The summed E-state index contributed by atoms with van der Waals surface area (Å²) in [5.74, 6) is -10.1. The first kappa shape index (κ1) is 15.1. The maximum absolute atomic E-state index is 13.7. The molecule has 0 fully saturated rings. The number of hydrogen-bond acceptors (Lipinski definition) is 2. The highest BCUT2D eigenvalue weighted by Crippen LogP contribution is 2.33. The molecule has 0 amide bonds. The largest absolute Gasteiger partial charge is 0.478 e. The van der Waals surface area contributed by atoms with Gasteiger partial charge in [0.05, 0.1) is 16.4 Å². The number of anilines is 2. The van der Waals surface area contributed by atoms with Gasteiger partial charge >= 0.3 is 5.97 Å². The second-order valence-corrected chi connectivity index (χ2v) is 4.32. The maximum atomic E-state index is 13.7. The second kappa shape index (κ2) is 5.61. The van der Waals surface area contributed by atoms with E-state index in [1.807, 2.05) is 0 Å². The Morgan fingerprint density at radius 1 is 1.00 bits per heavy atom. The van der Waals surface area contributed by atoms with Gasteiger partial charge in [0.2, 0.25) is 0 Å². The van der Waals surface area contributed by atoms with Gasteiger partial charge < -0.3 is 10.4 Å². The summed E-state index contributed by atoms with van der Waals surface area (Å²) in [5, 5.41) is 11.1. The number of carbonyl (C=O) groups is 1. The van der Waals surface area contributed by atoms with Crippen LogP contribution in [0.4, 0.5) is 28.9 Å². The summed E-state index contributed by atoms with van der Waals surface area (Å²) in [7, 11) is 0. The normalized spacial score (nSPS) is 10.5. The van der Waals surface area contributed by atoms with Crippen molar-refractivity contribution in [3.05, 3.63) is 58.1 Å². The molecule has 3 nitrogen and oxygen atoms in total. The summed E-state index contributed by atoms with van der Waals surface area (Å²) in [6, 6.07) is 5.72. The van der Waals surface area contributed by atoms with E-state index < -0.39 is 40.5 Å². The number of aromatic carboxylic acids is 1. The van der Waals surface area contributed by atoms with E-state index in [0.717, 1.165) is 0 Å². The van der Waals surface area contributed by atoms with E-state index in [1.165, 1.54) is 24.3 Å². The first-order valence-corrected chi connectivity index (χ1v) is 5.83. The van der Waals surface area contributed by atoms with Gasteiger partial charge in [0.1, 0.15) is 5.56 Å². The molecule has 0 aromatic heterocycles. The summed E-state index contributed by atoms with van der Waals surface area (Å²) in [4.78, 5) is 11.0. The summed E-state index contributed by atoms with van der Waals surface area (Å²) in [6.07, 6.45) is 0. The number of benzene rings is 2. The quantitative estimate of drug-likeness (QED) is 0.503. The van der Waals surface area contributed by atoms with Crippen molar-refractivity contribution in [2.24, 2.45) is 0 Å². The zero-order valence-electron chi connectivity index (χ0n) is 10.1. The van der Waals surface area contributed by atoms with E-state index in [9.17, 15) is 22.4 Å². The monoisotopic (exact) mass is 319 g/mol. The van der Waals surface area contributed by atoms with Gasteiger partial charge in [-0.05, 0) is 12.1 Å². The fourth-order valence-corrected chi connectivity index (χ4v) is 1.83. The van der Waals surface area contributed by atoms with E-state index in [2.05, 4.69) is 5.32 Å². The Bertz CT molecular complexity index is 737. The molecular weight excluding hydrogens is 314 g/mol. The number of nitrogens with one attached hydrogen (secondary N) is 1. The Kier molecular flexibility index (Phi) is 4.04. The van der Waals surface area contributed by atoms with Crippen LogP contribution in [0.1, 0.15) is 10.4 Å². The molecule has 110 valence electrons. The molecule has 2 aromatic rings. The van der Waals surface area contributed by atoms with Gasteiger partial charge in [-0.25, -0.2) is 22.4 Å². The second-order valence-electron chi connectivity index (χ2n) is 3.92. The summed E-state index contributed by atoms with van der Waals surface area (Å²) in [6.45, 7) is 0. The molecule has 0 unspecified atom stereocenters. The molecule has 0 spiro atoms. The molecule has 0 saturated heterocycles. The van der Waals surface area contributed by atoms with Crippen molar-refractivity contribution in [2.45, 2.75) is 0 Å². The highest BCUT2D eigenvalue weighted by Gasteiger charge is 2.29. The van der Waals surface area contributed by atoms with Crippen molar-refractivity contribution in [3.63, 3.8) is 0 Å². The van der Waals surface area contributed by atoms with Crippen LogP contribution in [0.5, 0.6) is 0 Å². The molecule has 2 N–H and O–H groups in total. The Balaban J connectivity index is 2.68. The number of rotatable bonds is 3. The molecule has 0 aliphatic rings. The van der Waals surface area contributed by atoms with Crippen LogP contribution in [0.25, 0.3) is 0 Å². The van der Waals surface area contributed by atoms with Crippen molar-refractivity contribution in [1.82, 2.24) is 0 Å². The molecule has 0 saturated carbocycles. The zero-order chi connectivity index (χ0) is 15.7. The van der Waals surface area contributed by atoms with E-state index in [1.54, 1.807) is 0 Å². The molecule has 21 heavy (non-hydrogen) atoms. The molecular formula is C13H6ClF4NO2. The summed E-state index contributed by atoms with van der Waals surface area (Å²) in [5.41, 5.74) is -2.40. The lowest BCUT2D eigenvalue weighted by molar-refractivity contribution is 0.0691. The Morgan fingerprint density at radius 3 is 2.14 bits per heavy atom. The molecule has 0 bridgehead atoms. The Hall–Kier alpha value is -2.28. The van der Waals surface area contributed by atoms with E-state index in [0.29, 0.717) is 0 Å². The van der Waals surface area contributed by atoms with Gasteiger partial charge in [0, 0.05) is 0 Å². The molecule has 0 radical (unpaired) electrons.